The van der Waals surface area contributed by atoms with Gasteiger partial charge in [0, 0.05) is 10.5 Å². The minimum atomic E-state index is -0.939. The minimum Gasteiger partial charge on any atom is -0.497 e. The average Bonchev–Trinajstić information content (AvgIpc) is 2.68. The molecule has 0 bridgehead atoms. The van der Waals surface area contributed by atoms with Crippen molar-refractivity contribution in [3.8, 4) is 5.75 Å². The molecule has 1 aliphatic rings. The molecule has 0 aromatic heterocycles. The van der Waals surface area contributed by atoms with Gasteiger partial charge in [-0.3, -0.25) is 9.59 Å². The molecule has 0 spiro atoms. The predicted octanol–water partition coefficient (Wildman–Crippen LogP) is 3.56. The number of hydrogen-bond acceptors (Lipinski definition) is 6. The fourth-order valence-electron chi connectivity index (χ4n) is 2.61. The van der Waals surface area contributed by atoms with Crippen molar-refractivity contribution in [3.63, 3.8) is 0 Å². The molecule has 1 heterocycles. The van der Waals surface area contributed by atoms with Crippen LogP contribution in [-0.4, -0.2) is 36.1 Å². The number of carbonyl (C=O) groups excluding carboxylic acids is 3. The molecule has 0 saturated carbocycles. The number of carbonyl (C=O) groups is 3. The summed E-state index contributed by atoms with van der Waals surface area (Å²) in [6.45, 7) is 3.35. The molecule has 0 aliphatic carbocycles. The van der Waals surface area contributed by atoms with E-state index >= 15 is 0 Å². The number of fused-ring (bicyclic) bond motifs is 1. The second-order valence-corrected chi connectivity index (χ2v) is 7.48. The first-order valence-corrected chi connectivity index (χ1v) is 9.28. The highest BCUT2D eigenvalue weighted by Crippen LogP contribution is 2.36. The topological polar surface area (TPSA) is 81.7 Å². The zero-order valence-corrected chi connectivity index (χ0v) is 16.0. The van der Waals surface area contributed by atoms with Gasteiger partial charge in [-0.1, -0.05) is 0 Å². The first-order valence-electron chi connectivity index (χ1n) is 8.40. The van der Waals surface area contributed by atoms with E-state index < -0.39 is 12.1 Å². The molecule has 2 atom stereocenters. The van der Waals surface area contributed by atoms with E-state index in [4.69, 9.17) is 9.47 Å². The van der Waals surface area contributed by atoms with E-state index in [0.717, 1.165) is 4.90 Å². The van der Waals surface area contributed by atoms with E-state index in [0.29, 0.717) is 17.0 Å². The summed E-state index contributed by atoms with van der Waals surface area (Å²) in [5.41, 5.74) is 1.28. The lowest BCUT2D eigenvalue weighted by Gasteiger charge is -2.21. The Bertz CT molecular complexity index is 894. The number of rotatable bonds is 5. The fraction of sp³-hybridized carbons (Fsp3) is 0.250. The number of benzene rings is 2. The lowest BCUT2D eigenvalue weighted by atomic mass is 10.1. The highest BCUT2D eigenvalue weighted by atomic mass is 32.2. The third-order valence-electron chi connectivity index (χ3n) is 4.17. The van der Waals surface area contributed by atoms with Crippen molar-refractivity contribution in [1.82, 2.24) is 0 Å². The van der Waals surface area contributed by atoms with Crippen molar-refractivity contribution < 1.29 is 23.9 Å². The largest absolute Gasteiger partial charge is 0.497 e. The lowest BCUT2D eigenvalue weighted by molar-refractivity contribution is -0.115. The minimum absolute atomic E-state index is 0.110. The van der Waals surface area contributed by atoms with Gasteiger partial charge in [0.05, 0.1) is 23.6 Å². The predicted molar refractivity (Wildman–Crippen MR) is 103 cm³/mol. The van der Waals surface area contributed by atoms with Crippen LogP contribution in [-0.2, 0) is 9.53 Å². The van der Waals surface area contributed by atoms with Crippen LogP contribution in [0.25, 0.3) is 0 Å². The number of Topliss-reactive ketones (excluding diaryl/α,β-unsaturated/α-hetero) is 1. The Kier molecular flexibility index (Phi) is 5.51. The number of ether oxygens (including phenoxy) is 2. The second kappa shape index (κ2) is 7.84. The monoisotopic (exact) mass is 385 g/mol. The Morgan fingerprint density at radius 1 is 1.11 bits per heavy atom. The van der Waals surface area contributed by atoms with E-state index in [1.54, 1.807) is 49.6 Å². The van der Waals surface area contributed by atoms with Gasteiger partial charge in [0.25, 0.3) is 0 Å². The van der Waals surface area contributed by atoms with Crippen LogP contribution < -0.4 is 10.1 Å². The summed E-state index contributed by atoms with van der Waals surface area (Å²) in [4.78, 5) is 37.5. The SMILES string of the molecule is COc1ccc(C(=O)[C@@H](C)OC(=O)c2ccc3c(c2)NC(=O)[C@H](C)S3)cc1. The third kappa shape index (κ3) is 4.14. The Morgan fingerprint density at radius 2 is 1.78 bits per heavy atom. The number of hydrogen-bond donors (Lipinski definition) is 1. The van der Waals surface area contributed by atoms with Crippen LogP contribution in [0, 0.1) is 0 Å². The lowest BCUT2D eigenvalue weighted by Crippen LogP contribution is -2.27. The summed E-state index contributed by atoms with van der Waals surface area (Å²) in [6.07, 6.45) is -0.939. The number of anilines is 1. The Balaban J connectivity index is 1.70. The number of esters is 1. The molecule has 1 aliphatic heterocycles. The van der Waals surface area contributed by atoms with Crippen molar-refractivity contribution in [2.24, 2.45) is 0 Å². The van der Waals surface area contributed by atoms with Crippen molar-refractivity contribution >= 4 is 35.1 Å². The van der Waals surface area contributed by atoms with Crippen molar-refractivity contribution in [3.05, 3.63) is 53.6 Å². The molecular formula is C20H19NO5S. The number of amides is 1. The molecule has 3 rings (SSSR count). The number of thioether (sulfide) groups is 1. The highest BCUT2D eigenvalue weighted by Gasteiger charge is 2.25. The maximum absolute atomic E-state index is 12.4. The second-order valence-electron chi connectivity index (χ2n) is 6.10. The average molecular weight is 385 g/mol. The van der Waals surface area contributed by atoms with Gasteiger partial charge in [-0.2, -0.15) is 0 Å². The molecule has 2 aromatic carbocycles. The van der Waals surface area contributed by atoms with Crippen LogP contribution in [0.2, 0.25) is 0 Å². The van der Waals surface area contributed by atoms with E-state index in [1.165, 1.54) is 18.7 Å². The zero-order chi connectivity index (χ0) is 19.6. The highest BCUT2D eigenvalue weighted by molar-refractivity contribution is 8.00. The number of nitrogens with one attached hydrogen (secondary N) is 1. The first-order chi connectivity index (χ1) is 12.9. The summed E-state index contributed by atoms with van der Waals surface area (Å²) >= 11 is 1.43. The summed E-state index contributed by atoms with van der Waals surface area (Å²) in [5, 5.41) is 2.59. The first kappa shape index (κ1) is 19.0. The normalized spacial score (nSPS) is 16.7. The summed E-state index contributed by atoms with van der Waals surface area (Å²) in [6, 6.07) is 11.6. The molecule has 7 heteroatoms. The van der Waals surface area contributed by atoms with Crippen molar-refractivity contribution in [2.75, 3.05) is 12.4 Å². The van der Waals surface area contributed by atoms with Gasteiger partial charge in [0.2, 0.25) is 11.7 Å². The fourth-order valence-corrected chi connectivity index (χ4v) is 3.54. The van der Waals surface area contributed by atoms with E-state index in [2.05, 4.69) is 5.32 Å². The Hall–Kier alpha value is -2.80. The van der Waals surface area contributed by atoms with Crippen LogP contribution in [0.1, 0.15) is 34.6 Å². The van der Waals surface area contributed by atoms with Crippen molar-refractivity contribution in [2.45, 2.75) is 30.1 Å². The van der Waals surface area contributed by atoms with Gasteiger partial charge >= 0.3 is 5.97 Å². The standard InChI is InChI=1S/C20H19NO5S/c1-11(18(22)13-4-7-15(25-3)8-5-13)26-20(24)14-6-9-17-16(10-14)21-19(23)12(2)27-17/h4-12H,1-3H3,(H,21,23)/t11-,12+/m1/s1. The summed E-state index contributed by atoms with van der Waals surface area (Å²) < 4.78 is 10.4. The van der Waals surface area contributed by atoms with Gasteiger partial charge in [-0.05, 0) is 56.3 Å². The zero-order valence-electron chi connectivity index (χ0n) is 15.1. The molecule has 2 aromatic rings. The molecule has 27 heavy (non-hydrogen) atoms. The van der Waals surface area contributed by atoms with Gasteiger partial charge in [-0.25, -0.2) is 4.79 Å². The van der Waals surface area contributed by atoms with Gasteiger partial charge in [0.1, 0.15) is 5.75 Å². The molecule has 6 nitrogen and oxygen atoms in total. The van der Waals surface area contributed by atoms with Crippen LogP contribution in [0.5, 0.6) is 5.75 Å². The van der Waals surface area contributed by atoms with E-state index in [-0.39, 0.29) is 22.5 Å². The third-order valence-corrected chi connectivity index (χ3v) is 5.35. The van der Waals surface area contributed by atoms with E-state index in [9.17, 15) is 14.4 Å². The maximum Gasteiger partial charge on any atom is 0.338 e. The van der Waals surface area contributed by atoms with E-state index in [1.807, 2.05) is 6.92 Å². The number of methoxy groups -OCH3 is 1. The molecule has 1 N–H and O–H groups in total. The smallest absolute Gasteiger partial charge is 0.338 e. The molecular weight excluding hydrogens is 366 g/mol. The molecule has 0 radical (unpaired) electrons. The van der Waals surface area contributed by atoms with Crippen LogP contribution in [0.3, 0.4) is 0 Å². The van der Waals surface area contributed by atoms with Gasteiger partial charge in [-0.15, -0.1) is 11.8 Å². The summed E-state index contributed by atoms with van der Waals surface area (Å²) in [7, 11) is 1.54. The van der Waals surface area contributed by atoms with Gasteiger partial charge < -0.3 is 14.8 Å². The van der Waals surface area contributed by atoms with Gasteiger partial charge in [0.15, 0.2) is 6.10 Å². The Labute approximate surface area is 161 Å². The van der Waals surface area contributed by atoms with Crippen LogP contribution in [0.4, 0.5) is 5.69 Å². The molecule has 1 amide bonds. The molecule has 140 valence electrons. The summed E-state index contributed by atoms with van der Waals surface area (Å²) in [5.74, 6) is -0.396. The Morgan fingerprint density at radius 3 is 2.44 bits per heavy atom. The molecule has 0 unspecified atom stereocenters. The number of ketones is 1. The maximum atomic E-state index is 12.4. The van der Waals surface area contributed by atoms with Crippen molar-refractivity contribution in [1.29, 1.82) is 0 Å². The molecule has 0 saturated heterocycles. The molecule has 0 fully saturated rings. The quantitative estimate of drug-likeness (QED) is 0.626. The van der Waals surface area contributed by atoms with Crippen LogP contribution in [0.15, 0.2) is 47.4 Å². The van der Waals surface area contributed by atoms with Crippen LogP contribution >= 0.6 is 11.8 Å².